The van der Waals surface area contributed by atoms with Gasteiger partial charge in [0, 0.05) is 18.2 Å². The minimum Gasteiger partial charge on any atom is -0.460 e. The van der Waals surface area contributed by atoms with Crippen LogP contribution in [0, 0.1) is 0 Å². The molecule has 0 aromatic heterocycles. The zero-order valence-electron chi connectivity index (χ0n) is 17.9. The molecule has 0 aliphatic carbocycles. The second-order valence-electron chi connectivity index (χ2n) is 6.28. The Bertz CT molecular complexity index is 887. The van der Waals surface area contributed by atoms with Gasteiger partial charge < -0.3 is 24.4 Å². The first-order valence-corrected chi connectivity index (χ1v) is 9.63. The van der Waals surface area contributed by atoms with Crippen molar-refractivity contribution in [1.29, 1.82) is 0 Å². The predicted octanol–water partition coefficient (Wildman–Crippen LogP) is 1.70. The topological polar surface area (TPSA) is 136 Å². The molecule has 0 amide bonds. The lowest BCUT2D eigenvalue weighted by molar-refractivity contribution is 0.0385. The van der Waals surface area contributed by atoms with Gasteiger partial charge in [0.15, 0.2) is 11.6 Å². The maximum Gasteiger partial charge on any atom is 0.338 e. The number of aliphatic hydroxyl groups excluding tert-OH is 2. The molecule has 0 saturated heterocycles. The number of ketones is 2. The largest absolute Gasteiger partial charge is 0.460 e. The molecule has 2 rings (SSSR count). The van der Waals surface area contributed by atoms with E-state index in [1.807, 2.05) is 0 Å². The molecule has 0 aliphatic rings. The Hall–Kier alpha value is -3.40. The van der Waals surface area contributed by atoms with Crippen LogP contribution in [0.5, 0.6) is 0 Å². The third-order valence-corrected chi connectivity index (χ3v) is 3.96. The molecule has 32 heavy (non-hydrogen) atoms. The van der Waals surface area contributed by atoms with Crippen LogP contribution in [0.2, 0.25) is 0 Å². The molecule has 0 fully saturated rings. The highest BCUT2D eigenvalue weighted by molar-refractivity contribution is 5.99. The van der Waals surface area contributed by atoms with Crippen molar-refractivity contribution in [2.45, 2.75) is 6.92 Å². The number of carbonyl (C=O) groups is 4. The van der Waals surface area contributed by atoms with Crippen LogP contribution in [0.4, 0.5) is 0 Å². The fourth-order valence-electron chi connectivity index (χ4n) is 2.25. The third kappa shape index (κ3) is 9.17. The molecule has 9 nitrogen and oxygen atoms in total. The lowest BCUT2D eigenvalue weighted by Gasteiger charge is -2.05. The van der Waals surface area contributed by atoms with E-state index in [1.54, 1.807) is 12.1 Å². The van der Waals surface area contributed by atoms with E-state index in [0.717, 1.165) is 0 Å². The van der Waals surface area contributed by atoms with Crippen molar-refractivity contribution in [1.82, 2.24) is 0 Å². The average Bonchev–Trinajstić information content (AvgIpc) is 2.82. The van der Waals surface area contributed by atoms with E-state index in [-0.39, 0.29) is 31.4 Å². The number of methoxy groups -OCH3 is 1. The minimum absolute atomic E-state index is 0.0389. The first kappa shape index (κ1) is 26.6. The lowest BCUT2D eigenvalue weighted by atomic mass is 10.1. The van der Waals surface area contributed by atoms with Gasteiger partial charge in [0.1, 0.15) is 19.8 Å². The summed E-state index contributed by atoms with van der Waals surface area (Å²) in [5.41, 5.74) is 1.64. The van der Waals surface area contributed by atoms with Crippen molar-refractivity contribution in [2.75, 3.05) is 40.1 Å². The number of rotatable bonds is 10. The Kier molecular flexibility index (Phi) is 12.1. The summed E-state index contributed by atoms with van der Waals surface area (Å²) < 4.78 is 14.4. The molecule has 0 bridgehead atoms. The molecule has 0 aliphatic heterocycles. The van der Waals surface area contributed by atoms with Crippen LogP contribution in [0.25, 0.3) is 0 Å². The van der Waals surface area contributed by atoms with Gasteiger partial charge in [-0.3, -0.25) is 9.59 Å². The fourth-order valence-corrected chi connectivity index (χ4v) is 2.25. The van der Waals surface area contributed by atoms with Crippen molar-refractivity contribution < 1.29 is 43.6 Å². The summed E-state index contributed by atoms with van der Waals surface area (Å²) in [4.78, 5) is 44.8. The summed E-state index contributed by atoms with van der Waals surface area (Å²) in [6, 6.07) is 12.1. The second-order valence-corrected chi connectivity index (χ2v) is 6.28. The summed E-state index contributed by atoms with van der Waals surface area (Å²) in [6.45, 7) is 1.19. The Labute approximate surface area is 185 Å². The van der Waals surface area contributed by atoms with E-state index in [0.29, 0.717) is 28.9 Å². The van der Waals surface area contributed by atoms with E-state index in [4.69, 9.17) is 24.4 Å². The molecule has 9 heteroatoms. The first-order valence-electron chi connectivity index (χ1n) is 9.63. The quantitative estimate of drug-likeness (QED) is 0.317. The number of carbonyl (C=O) groups excluding carboxylic acids is 4. The Balaban J connectivity index is 0.000000343. The van der Waals surface area contributed by atoms with Gasteiger partial charge in [0.2, 0.25) is 0 Å². The summed E-state index contributed by atoms with van der Waals surface area (Å²) in [5.74, 6) is -1.40. The molecule has 2 aromatic rings. The summed E-state index contributed by atoms with van der Waals surface area (Å²) in [6.07, 6.45) is 0. The third-order valence-electron chi connectivity index (χ3n) is 3.96. The van der Waals surface area contributed by atoms with Gasteiger partial charge in [-0.15, -0.1) is 0 Å². The van der Waals surface area contributed by atoms with Crippen LogP contribution in [-0.2, 0) is 14.2 Å². The Morgan fingerprint density at radius 3 is 1.53 bits per heavy atom. The molecule has 0 spiro atoms. The van der Waals surface area contributed by atoms with E-state index in [1.165, 1.54) is 50.4 Å². The van der Waals surface area contributed by atoms with Gasteiger partial charge in [-0.2, -0.15) is 0 Å². The highest BCUT2D eigenvalue weighted by Gasteiger charge is 2.10. The molecular weight excluding hydrogens is 420 g/mol. The lowest BCUT2D eigenvalue weighted by Crippen LogP contribution is -2.11. The zero-order chi connectivity index (χ0) is 23.9. The fraction of sp³-hybridized carbons (Fsp3) is 0.304. The second kappa shape index (κ2) is 14.6. The van der Waals surface area contributed by atoms with Gasteiger partial charge in [-0.05, 0) is 31.2 Å². The van der Waals surface area contributed by atoms with Crippen molar-refractivity contribution in [3.05, 3.63) is 70.8 Å². The smallest absolute Gasteiger partial charge is 0.338 e. The summed E-state index contributed by atoms with van der Waals surface area (Å²) in [5, 5.41) is 17.1. The van der Waals surface area contributed by atoms with Crippen molar-refractivity contribution in [3.63, 3.8) is 0 Å². The number of hydrogen-bond acceptors (Lipinski definition) is 9. The molecule has 0 unspecified atom stereocenters. The molecule has 2 aromatic carbocycles. The molecule has 0 saturated carbocycles. The van der Waals surface area contributed by atoms with Crippen LogP contribution < -0.4 is 0 Å². The highest BCUT2D eigenvalue weighted by atomic mass is 16.6. The normalized spacial score (nSPS) is 9.88. The Morgan fingerprint density at radius 2 is 1.12 bits per heavy atom. The first-order chi connectivity index (χ1) is 15.3. The number of hydrogen-bond donors (Lipinski definition) is 2. The SMILES string of the molecule is CC(=O)c1ccc(C(=O)CO)cc1.COCCOC(=O)c1ccc(C(=O)OCCO)cc1. The van der Waals surface area contributed by atoms with Crippen LogP contribution in [0.15, 0.2) is 48.5 Å². The zero-order valence-corrected chi connectivity index (χ0v) is 17.9. The molecule has 0 atom stereocenters. The van der Waals surface area contributed by atoms with E-state index in [9.17, 15) is 19.2 Å². The average molecular weight is 446 g/mol. The number of benzene rings is 2. The van der Waals surface area contributed by atoms with Crippen LogP contribution in [0.3, 0.4) is 0 Å². The van der Waals surface area contributed by atoms with E-state index in [2.05, 4.69) is 0 Å². The van der Waals surface area contributed by atoms with Crippen molar-refractivity contribution >= 4 is 23.5 Å². The van der Waals surface area contributed by atoms with Crippen LogP contribution in [0.1, 0.15) is 48.4 Å². The van der Waals surface area contributed by atoms with E-state index < -0.39 is 18.5 Å². The van der Waals surface area contributed by atoms with E-state index >= 15 is 0 Å². The molecule has 0 heterocycles. The predicted molar refractivity (Wildman–Crippen MR) is 114 cm³/mol. The molecular formula is C23H26O9. The highest BCUT2D eigenvalue weighted by Crippen LogP contribution is 2.08. The molecule has 172 valence electrons. The number of esters is 2. The number of ether oxygens (including phenoxy) is 3. The monoisotopic (exact) mass is 446 g/mol. The van der Waals surface area contributed by atoms with Gasteiger partial charge >= 0.3 is 11.9 Å². The standard InChI is InChI=1S/C13H16O6.C10H10O3/c1-17-8-9-19-13(16)11-4-2-10(3-5-11)12(15)18-7-6-14;1-7(12)8-2-4-9(5-3-8)10(13)6-11/h2-5,14H,6-9H2,1H3;2-5,11H,6H2,1H3. The molecule has 0 radical (unpaired) electrons. The van der Waals surface area contributed by atoms with Crippen LogP contribution in [-0.4, -0.2) is 73.9 Å². The summed E-state index contributed by atoms with van der Waals surface area (Å²) >= 11 is 0. The summed E-state index contributed by atoms with van der Waals surface area (Å²) in [7, 11) is 1.51. The van der Waals surface area contributed by atoms with Gasteiger partial charge in [0.25, 0.3) is 0 Å². The number of Topliss-reactive ketones (excluding diaryl/α,β-unsaturated/α-hetero) is 2. The van der Waals surface area contributed by atoms with Crippen molar-refractivity contribution in [3.8, 4) is 0 Å². The van der Waals surface area contributed by atoms with Gasteiger partial charge in [-0.1, -0.05) is 24.3 Å². The minimum atomic E-state index is -0.548. The number of aliphatic hydroxyl groups is 2. The maximum atomic E-state index is 11.5. The van der Waals surface area contributed by atoms with Crippen molar-refractivity contribution in [2.24, 2.45) is 0 Å². The van der Waals surface area contributed by atoms with Gasteiger partial charge in [-0.25, -0.2) is 9.59 Å². The Morgan fingerprint density at radius 1 is 0.688 bits per heavy atom. The molecule has 2 N–H and O–H groups in total. The van der Waals surface area contributed by atoms with Gasteiger partial charge in [0.05, 0.1) is 24.3 Å². The van der Waals surface area contributed by atoms with Crippen LogP contribution >= 0.6 is 0 Å². The maximum absolute atomic E-state index is 11.5.